The maximum atomic E-state index is 13.6. The summed E-state index contributed by atoms with van der Waals surface area (Å²) < 4.78 is 12.7. The van der Waals surface area contributed by atoms with Crippen molar-refractivity contribution in [2.45, 2.75) is 32.0 Å². The van der Waals surface area contributed by atoms with Gasteiger partial charge in [0, 0.05) is 43.2 Å². The highest BCUT2D eigenvalue weighted by atomic mass is 16.5. The van der Waals surface area contributed by atoms with Crippen LogP contribution in [-0.2, 0) is 24.9 Å². The van der Waals surface area contributed by atoms with Gasteiger partial charge in [0.15, 0.2) is 0 Å². The average molecular weight is 462 g/mol. The van der Waals surface area contributed by atoms with Gasteiger partial charge >= 0.3 is 0 Å². The Hall–Kier alpha value is -3.74. The molecule has 0 N–H and O–H groups in total. The van der Waals surface area contributed by atoms with Gasteiger partial charge in [-0.2, -0.15) is 0 Å². The summed E-state index contributed by atoms with van der Waals surface area (Å²) >= 11 is 0. The number of nitrogens with zero attached hydrogens (tertiary/aromatic N) is 3. The zero-order valence-corrected chi connectivity index (χ0v) is 19.9. The number of amides is 2. The van der Waals surface area contributed by atoms with Crippen molar-refractivity contribution in [2.24, 2.45) is 7.05 Å². The Labute approximate surface area is 200 Å². The minimum absolute atomic E-state index is 0.0281. The van der Waals surface area contributed by atoms with Crippen LogP contribution in [0.15, 0.2) is 66.9 Å². The molecule has 1 heterocycles. The molecular formula is C27H31N3O4. The molecule has 0 spiro atoms. The Morgan fingerprint density at radius 2 is 1.62 bits per heavy atom. The van der Waals surface area contributed by atoms with E-state index in [9.17, 15) is 9.59 Å². The number of aryl methyl sites for hydroxylation is 1. The lowest BCUT2D eigenvalue weighted by Crippen LogP contribution is -2.43. The predicted octanol–water partition coefficient (Wildman–Crippen LogP) is 3.88. The lowest BCUT2D eigenvalue weighted by molar-refractivity contribution is -0.133. The normalized spacial score (nSPS) is 12.8. The first-order chi connectivity index (χ1) is 16.5. The second-order valence-electron chi connectivity index (χ2n) is 8.61. The third-order valence-corrected chi connectivity index (χ3v) is 6.13. The van der Waals surface area contributed by atoms with Gasteiger partial charge in [-0.05, 0) is 42.7 Å². The molecule has 34 heavy (non-hydrogen) atoms. The third kappa shape index (κ3) is 5.60. The number of carbonyl (C=O) groups excluding carboxylic acids is 2. The summed E-state index contributed by atoms with van der Waals surface area (Å²) in [5.74, 6) is 0.810. The van der Waals surface area contributed by atoms with Crippen LogP contribution in [-0.4, -0.2) is 53.0 Å². The molecule has 0 saturated heterocycles. The molecule has 1 aromatic heterocycles. The standard InChI is InChI=1S/C27H31N3O4/c1-28-13-7-10-23(28)18-29(17-20-8-5-4-6-9-20)26(31)19-30(22-11-12-22)27(32)21-14-24(33-2)16-25(15-21)34-3/h4-10,13-16,22H,11-12,17-19H2,1-3H3. The Balaban J connectivity index is 1.56. The maximum Gasteiger partial charge on any atom is 0.254 e. The van der Waals surface area contributed by atoms with Crippen LogP contribution >= 0.6 is 0 Å². The SMILES string of the molecule is COc1cc(OC)cc(C(=O)N(CC(=O)N(Cc2ccccc2)Cc2cccn2C)C2CC2)c1. The molecule has 1 saturated carbocycles. The smallest absolute Gasteiger partial charge is 0.254 e. The van der Waals surface area contributed by atoms with E-state index in [4.69, 9.17) is 9.47 Å². The highest BCUT2D eigenvalue weighted by Gasteiger charge is 2.35. The van der Waals surface area contributed by atoms with Crippen molar-refractivity contribution in [3.8, 4) is 11.5 Å². The largest absolute Gasteiger partial charge is 0.497 e. The molecule has 1 aliphatic carbocycles. The van der Waals surface area contributed by atoms with Gasteiger partial charge in [0.05, 0.1) is 20.8 Å². The summed E-state index contributed by atoms with van der Waals surface area (Å²) in [6, 6.07) is 19.1. The second kappa shape index (κ2) is 10.5. The quantitative estimate of drug-likeness (QED) is 0.460. The highest BCUT2D eigenvalue weighted by molar-refractivity contribution is 5.97. The molecule has 2 aromatic carbocycles. The Kier molecular flexibility index (Phi) is 7.21. The van der Waals surface area contributed by atoms with Crippen LogP contribution in [0.5, 0.6) is 11.5 Å². The Bertz CT molecular complexity index is 1120. The van der Waals surface area contributed by atoms with Crippen LogP contribution in [0.4, 0.5) is 0 Å². The minimum Gasteiger partial charge on any atom is -0.497 e. The van der Waals surface area contributed by atoms with Gasteiger partial charge in [0.1, 0.15) is 18.0 Å². The molecule has 2 amide bonds. The van der Waals surface area contributed by atoms with Gasteiger partial charge in [-0.15, -0.1) is 0 Å². The van der Waals surface area contributed by atoms with Crippen LogP contribution in [0.3, 0.4) is 0 Å². The minimum atomic E-state index is -0.188. The molecule has 1 aliphatic rings. The third-order valence-electron chi connectivity index (χ3n) is 6.13. The Morgan fingerprint density at radius 1 is 0.941 bits per heavy atom. The van der Waals surface area contributed by atoms with Gasteiger partial charge in [-0.1, -0.05) is 30.3 Å². The zero-order chi connectivity index (χ0) is 24.1. The van der Waals surface area contributed by atoms with Crippen LogP contribution < -0.4 is 9.47 Å². The topological polar surface area (TPSA) is 64.0 Å². The van der Waals surface area contributed by atoms with Crippen molar-refractivity contribution in [2.75, 3.05) is 20.8 Å². The molecular weight excluding hydrogens is 430 g/mol. The lowest BCUT2D eigenvalue weighted by Gasteiger charge is -2.28. The fourth-order valence-corrected chi connectivity index (χ4v) is 3.99. The monoisotopic (exact) mass is 461 g/mol. The number of rotatable bonds is 10. The van der Waals surface area contributed by atoms with E-state index in [-0.39, 0.29) is 24.4 Å². The summed E-state index contributed by atoms with van der Waals surface area (Å²) in [6.07, 6.45) is 3.77. The number of aromatic nitrogens is 1. The average Bonchev–Trinajstić information content (AvgIpc) is 3.63. The van der Waals surface area contributed by atoms with E-state index >= 15 is 0 Å². The molecule has 0 atom stereocenters. The second-order valence-corrected chi connectivity index (χ2v) is 8.61. The molecule has 0 aliphatic heterocycles. The summed E-state index contributed by atoms with van der Waals surface area (Å²) in [4.78, 5) is 30.6. The van der Waals surface area contributed by atoms with Gasteiger partial charge in [0.25, 0.3) is 5.91 Å². The van der Waals surface area contributed by atoms with E-state index in [2.05, 4.69) is 0 Å². The molecule has 1 fully saturated rings. The summed E-state index contributed by atoms with van der Waals surface area (Å²) in [6.45, 7) is 0.974. The van der Waals surface area contributed by atoms with E-state index in [1.807, 2.05) is 65.2 Å². The number of methoxy groups -OCH3 is 2. The van der Waals surface area contributed by atoms with E-state index < -0.39 is 0 Å². The Morgan fingerprint density at radius 3 is 2.18 bits per heavy atom. The van der Waals surface area contributed by atoms with Crippen molar-refractivity contribution in [3.63, 3.8) is 0 Å². The molecule has 0 bridgehead atoms. The van der Waals surface area contributed by atoms with Crippen molar-refractivity contribution < 1.29 is 19.1 Å². The number of ether oxygens (including phenoxy) is 2. The number of carbonyl (C=O) groups is 2. The fraction of sp³-hybridized carbons (Fsp3) is 0.333. The lowest BCUT2D eigenvalue weighted by atomic mass is 10.1. The first-order valence-corrected chi connectivity index (χ1v) is 11.4. The maximum absolute atomic E-state index is 13.6. The van der Waals surface area contributed by atoms with Crippen molar-refractivity contribution in [3.05, 3.63) is 83.7 Å². The molecule has 4 rings (SSSR count). The first kappa shape index (κ1) is 23.4. The van der Waals surface area contributed by atoms with Crippen LogP contribution in [0.1, 0.15) is 34.5 Å². The zero-order valence-electron chi connectivity index (χ0n) is 19.9. The predicted molar refractivity (Wildman–Crippen MR) is 130 cm³/mol. The number of hydrogen-bond acceptors (Lipinski definition) is 4. The van der Waals surface area contributed by atoms with Gasteiger partial charge in [0.2, 0.25) is 5.91 Å². The number of benzene rings is 2. The molecule has 178 valence electrons. The summed E-state index contributed by atoms with van der Waals surface area (Å²) in [5, 5.41) is 0. The molecule has 3 aromatic rings. The molecule has 0 unspecified atom stereocenters. The summed E-state index contributed by atoms with van der Waals surface area (Å²) in [5.41, 5.74) is 2.53. The number of hydrogen-bond donors (Lipinski definition) is 0. The van der Waals surface area contributed by atoms with E-state index in [0.29, 0.717) is 30.2 Å². The van der Waals surface area contributed by atoms with Crippen molar-refractivity contribution >= 4 is 11.8 Å². The van der Waals surface area contributed by atoms with Gasteiger partial charge < -0.3 is 23.8 Å². The van der Waals surface area contributed by atoms with E-state index in [1.54, 1.807) is 37.3 Å². The molecule has 7 heteroatoms. The van der Waals surface area contributed by atoms with Crippen LogP contribution in [0.25, 0.3) is 0 Å². The molecule has 7 nitrogen and oxygen atoms in total. The fourth-order valence-electron chi connectivity index (χ4n) is 3.99. The van der Waals surface area contributed by atoms with Gasteiger partial charge in [-0.25, -0.2) is 0 Å². The van der Waals surface area contributed by atoms with Crippen LogP contribution in [0, 0.1) is 0 Å². The highest BCUT2D eigenvalue weighted by Crippen LogP contribution is 2.30. The van der Waals surface area contributed by atoms with Crippen molar-refractivity contribution in [1.29, 1.82) is 0 Å². The van der Waals surface area contributed by atoms with Gasteiger partial charge in [-0.3, -0.25) is 9.59 Å². The first-order valence-electron chi connectivity index (χ1n) is 11.4. The van der Waals surface area contributed by atoms with Crippen LogP contribution in [0.2, 0.25) is 0 Å². The summed E-state index contributed by atoms with van der Waals surface area (Å²) in [7, 11) is 5.07. The van der Waals surface area contributed by atoms with Crippen molar-refractivity contribution in [1.82, 2.24) is 14.4 Å². The molecule has 0 radical (unpaired) electrons. The van der Waals surface area contributed by atoms with E-state index in [0.717, 1.165) is 24.1 Å². The van der Waals surface area contributed by atoms with E-state index in [1.165, 1.54) is 0 Å².